The van der Waals surface area contributed by atoms with Gasteiger partial charge in [0.1, 0.15) is 0 Å². The van der Waals surface area contributed by atoms with Crippen LogP contribution in [0, 0.1) is 10.1 Å². The standard InChI is InChI=1S/C8H17NO3Si/c1-4-8(9(10)11)7-12-5-6-13(2)3/h5-6,8,13H,4,7H2,1-3H3. The Labute approximate surface area is 80.3 Å². The van der Waals surface area contributed by atoms with E-state index in [4.69, 9.17) is 4.74 Å². The van der Waals surface area contributed by atoms with Crippen molar-refractivity contribution in [3.05, 3.63) is 22.1 Å². The first-order valence-corrected chi connectivity index (χ1v) is 7.47. The van der Waals surface area contributed by atoms with Gasteiger partial charge in [-0.15, -0.1) is 0 Å². The summed E-state index contributed by atoms with van der Waals surface area (Å²) in [4.78, 5) is 10.1. The molecule has 0 aliphatic rings. The van der Waals surface area contributed by atoms with Gasteiger partial charge in [-0.3, -0.25) is 10.1 Å². The van der Waals surface area contributed by atoms with Gasteiger partial charge in [-0.25, -0.2) is 0 Å². The molecule has 5 heteroatoms. The van der Waals surface area contributed by atoms with Gasteiger partial charge in [0.15, 0.2) is 6.61 Å². The van der Waals surface area contributed by atoms with Gasteiger partial charge in [0, 0.05) is 11.3 Å². The van der Waals surface area contributed by atoms with Gasteiger partial charge in [0.2, 0.25) is 6.04 Å². The van der Waals surface area contributed by atoms with Crippen LogP contribution < -0.4 is 0 Å². The molecule has 13 heavy (non-hydrogen) atoms. The summed E-state index contributed by atoms with van der Waals surface area (Å²) < 4.78 is 5.07. The van der Waals surface area contributed by atoms with Gasteiger partial charge in [-0.1, -0.05) is 25.7 Å². The number of hydrogen-bond donors (Lipinski definition) is 0. The molecule has 0 fully saturated rings. The molecule has 0 saturated carbocycles. The van der Waals surface area contributed by atoms with Gasteiger partial charge >= 0.3 is 0 Å². The highest BCUT2D eigenvalue weighted by molar-refractivity contribution is 6.61. The van der Waals surface area contributed by atoms with Crippen molar-refractivity contribution < 1.29 is 9.66 Å². The van der Waals surface area contributed by atoms with Gasteiger partial charge < -0.3 is 4.74 Å². The SMILES string of the molecule is CCC(COC=C[SiH](C)C)[N+](=O)[O-]. The Hall–Kier alpha value is -0.843. The van der Waals surface area contributed by atoms with Gasteiger partial charge in [0.05, 0.1) is 15.1 Å². The molecule has 0 N–H and O–H groups in total. The third-order valence-corrected chi connectivity index (χ3v) is 2.54. The Morgan fingerprint density at radius 3 is 2.62 bits per heavy atom. The Balaban J connectivity index is 3.67. The molecule has 4 nitrogen and oxygen atoms in total. The molecular weight excluding hydrogens is 186 g/mol. The van der Waals surface area contributed by atoms with Crippen molar-refractivity contribution in [1.29, 1.82) is 0 Å². The average Bonchev–Trinajstić information content (AvgIpc) is 2.03. The van der Waals surface area contributed by atoms with Crippen LogP contribution in [0.2, 0.25) is 13.1 Å². The first-order valence-electron chi connectivity index (χ1n) is 4.49. The highest BCUT2D eigenvalue weighted by atomic mass is 28.3. The van der Waals surface area contributed by atoms with Crippen LogP contribution >= 0.6 is 0 Å². The number of hydrogen-bond acceptors (Lipinski definition) is 3. The summed E-state index contributed by atoms with van der Waals surface area (Å²) in [6, 6.07) is -0.571. The van der Waals surface area contributed by atoms with Crippen LogP contribution in [0.1, 0.15) is 13.3 Å². The molecule has 0 saturated heterocycles. The third kappa shape index (κ3) is 6.33. The summed E-state index contributed by atoms with van der Waals surface area (Å²) in [5.41, 5.74) is 2.01. The molecule has 76 valence electrons. The fourth-order valence-corrected chi connectivity index (χ4v) is 1.13. The molecule has 1 unspecified atom stereocenters. The van der Waals surface area contributed by atoms with Crippen molar-refractivity contribution in [2.24, 2.45) is 0 Å². The maximum atomic E-state index is 10.4. The smallest absolute Gasteiger partial charge is 0.246 e. The molecule has 0 bridgehead atoms. The summed E-state index contributed by atoms with van der Waals surface area (Å²) in [7, 11) is -0.742. The minimum absolute atomic E-state index is 0.182. The minimum atomic E-state index is -0.742. The van der Waals surface area contributed by atoms with Crippen molar-refractivity contribution in [2.75, 3.05) is 6.61 Å². The Kier molecular flexibility index (Phi) is 6.22. The lowest BCUT2D eigenvalue weighted by Gasteiger charge is -2.05. The fourth-order valence-electron chi connectivity index (χ4n) is 0.707. The Morgan fingerprint density at radius 1 is 1.62 bits per heavy atom. The second kappa shape index (κ2) is 6.65. The molecule has 0 amide bonds. The van der Waals surface area contributed by atoms with Gasteiger partial charge in [-0.2, -0.15) is 0 Å². The highest BCUT2D eigenvalue weighted by Crippen LogP contribution is 1.97. The van der Waals surface area contributed by atoms with E-state index in [0.29, 0.717) is 6.42 Å². The molecular formula is C8H17NO3Si. The minimum Gasteiger partial charge on any atom is -0.495 e. The molecule has 0 rings (SSSR count). The van der Waals surface area contributed by atoms with Crippen molar-refractivity contribution in [3.63, 3.8) is 0 Å². The fraction of sp³-hybridized carbons (Fsp3) is 0.750. The van der Waals surface area contributed by atoms with E-state index >= 15 is 0 Å². The summed E-state index contributed by atoms with van der Waals surface area (Å²) in [6.45, 7) is 6.29. The number of ether oxygens (including phenoxy) is 1. The molecule has 0 heterocycles. The molecule has 0 aliphatic heterocycles. The van der Waals surface area contributed by atoms with Crippen LogP contribution in [-0.4, -0.2) is 26.4 Å². The van der Waals surface area contributed by atoms with Gasteiger partial charge in [0.25, 0.3) is 0 Å². The molecule has 0 aromatic heterocycles. The van der Waals surface area contributed by atoms with E-state index in [0.717, 1.165) is 0 Å². The first-order chi connectivity index (χ1) is 6.07. The highest BCUT2D eigenvalue weighted by Gasteiger charge is 2.16. The monoisotopic (exact) mass is 203 g/mol. The van der Waals surface area contributed by atoms with Gasteiger partial charge in [-0.05, 0) is 0 Å². The van der Waals surface area contributed by atoms with Crippen LogP contribution in [0.5, 0.6) is 0 Å². The van der Waals surface area contributed by atoms with E-state index in [-0.39, 0.29) is 11.5 Å². The van der Waals surface area contributed by atoms with Crippen molar-refractivity contribution in [2.45, 2.75) is 32.5 Å². The maximum Gasteiger partial charge on any atom is 0.246 e. The zero-order chi connectivity index (χ0) is 10.3. The van der Waals surface area contributed by atoms with E-state index in [1.54, 1.807) is 13.2 Å². The molecule has 0 aromatic rings. The molecule has 0 spiro atoms. The zero-order valence-electron chi connectivity index (χ0n) is 8.40. The number of nitro groups is 1. The first kappa shape index (κ1) is 12.2. The molecule has 0 radical (unpaired) electrons. The molecule has 0 aromatic carbocycles. The summed E-state index contributed by atoms with van der Waals surface area (Å²) in [5.74, 6) is 0. The Morgan fingerprint density at radius 2 is 2.23 bits per heavy atom. The van der Waals surface area contributed by atoms with E-state index < -0.39 is 14.8 Å². The Bertz CT molecular complexity index is 182. The van der Waals surface area contributed by atoms with Crippen LogP contribution in [0.4, 0.5) is 0 Å². The lowest BCUT2D eigenvalue weighted by atomic mass is 10.2. The van der Waals surface area contributed by atoms with Crippen molar-refractivity contribution >= 4 is 8.80 Å². The van der Waals surface area contributed by atoms with E-state index in [2.05, 4.69) is 13.1 Å². The predicted molar refractivity (Wildman–Crippen MR) is 55.0 cm³/mol. The second-order valence-corrected chi connectivity index (χ2v) is 6.13. The van der Waals surface area contributed by atoms with Crippen LogP contribution in [0.15, 0.2) is 12.0 Å². The van der Waals surface area contributed by atoms with Crippen LogP contribution in [0.3, 0.4) is 0 Å². The molecule has 0 aliphatic carbocycles. The number of rotatable bonds is 6. The quantitative estimate of drug-likeness (QED) is 0.285. The third-order valence-electron chi connectivity index (χ3n) is 1.62. The zero-order valence-corrected chi connectivity index (χ0v) is 9.55. The average molecular weight is 203 g/mol. The van der Waals surface area contributed by atoms with Crippen LogP contribution in [0.25, 0.3) is 0 Å². The summed E-state index contributed by atoms with van der Waals surface area (Å²) >= 11 is 0. The predicted octanol–water partition coefficient (Wildman–Crippen LogP) is 1.60. The van der Waals surface area contributed by atoms with Crippen molar-refractivity contribution in [1.82, 2.24) is 0 Å². The summed E-state index contributed by atoms with van der Waals surface area (Å²) in [5, 5.41) is 10.4. The van der Waals surface area contributed by atoms with Crippen molar-refractivity contribution in [3.8, 4) is 0 Å². The lowest BCUT2D eigenvalue weighted by molar-refractivity contribution is -0.525. The lowest BCUT2D eigenvalue weighted by Crippen LogP contribution is -2.23. The second-order valence-electron chi connectivity index (χ2n) is 3.25. The van der Waals surface area contributed by atoms with E-state index in [1.165, 1.54) is 0 Å². The normalized spacial score (nSPS) is 13.5. The number of nitrogens with zero attached hydrogens (tertiary/aromatic N) is 1. The summed E-state index contributed by atoms with van der Waals surface area (Å²) in [6.07, 6.45) is 2.11. The topological polar surface area (TPSA) is 52.4 Å². The van der Waals surface area contributed by atoms with E-state index in [9.17, 15) is 10.1 Å². The molecule has 1 atom stereocenters. The van der Waals surface area contributed by atoms with E-state index in [1.807, 2.05) is 5.70 Å². The maximum absolute atomic E-state index is 10.4. The van der Waals surface area contributed by atoms with Crippen LogP contribution in [-0.2, 0) is 4.74 Å². The largest absolute Gasteiger partial charge is 0.495 e.